The number of carbonyl (C=O) groups is 11. The highest BCUT2D eigenvalue weighted by Gasteiger charge is 2.35. The molecular formula is C42H76N12O14. The van der Waals surface area contributed by atoms with Gasteiger partial charge in [0.25, 0.3) is 0 Å². The fourth-order valence-corrected chi connectivity index (χ4v) is 6.42. The summed E-state index contributed by atoms with van der Waals surface area (Å²) >= 11 is 0. The van der Waals surface area contributed by atoms with E-state index >= 15 is 0 Å². The van der Waals surface area contributed by atoms with Crippen LogP contribution in [-0.2, 0) is 52.7 Å². The molecule has 0 radical (unpaired) electrons. The molecule has 68 heavy (non-hydrogen) atoms. The zero-order valence-electron chi connectivity index (χ0n) is 39.9. The predicted molar refractivity (Wildman–Crippen MR) is 245 cm³/mol. The average Bonchev–Trinajstić information content (AvgIpc) is 3.25. The maximum atomic E-state index is 13.7. The van der Waals surface area contributed by atoms with Gasteiger partial charge in [-0.1, -0.05) is 34.1 Å². The number of carbonyl (C=O) groups excluding carboxylic acids is 9. The van der Waals surface area contributed by atoms with E-state index in [1.54, 1.807) is 13.8 Å². The van der Waals surface area contributed by atoms with Crippen LogP contribution in [0.1, 0.15) is 112 Å². The molecule has 0 rings (SSSR count). The number of primary amides is 1. The lowest BCUT2D eigenvalue weighted by molar-refractivity contribution is -0.145. The Hall–Kier alpha value is -5.99. The molecule has 0 aromatic rings. The molecule has 0 aliphatic rings. The summed E-state index contributed by atoms with van der Waals surface area (Å²) in [5, 5.41) is 48.0. The molecule has 0 saturated carbocycles. The van der Waals surface area contributed by atoms with Crippen molar-refractivity contribution in [2.75, 3.05) is 19.6 Å². The van der Waals surface area contributed by atoms with Crippen molar-refractivity contribution >= 4 is 65.1 Å². The number of carboxylic acids is 2. The van der Waals surface area contributed by atoms with Gasteiger partial charge in [0, 0.05) is 6.42 Å². The van der Waals surface area contributed by atoms with Crippen LogP contribution >= 0.6 is 0 Å². The molecule has 0 aromatic heterocycles. The molecule has 19 N–H and O–H groups in total. The molecule has 0 aliphatic carbocycles. The first-order valence-corrected chi connectivity index (χ1v) is 22.8. The Morgan fingerprint density at radius 3 is 1.47 bits per heavy atom. The van der Waals surface area contributed by atoms with Crippen LogP contribution in [0.25, 0.3) is 0 Å². The van der Waals surface area contributed by atoms with E-state index in [2.05, 4.69) is 42.5 Å². The molecule has 0 spiro atoms. The maximum Gasteiger partial charge on any atom is 0.328 e. The molecule has 0 aromatic carbocycles. The molecule has 9 amide bonds. The number of hydrogen-bond acceptors (Lipinski definition) is 15. The van der Waals surface area contributed by atoms with Crippen LogP contribution in [0.4, 0.5) is 0 Å². The van der Waals surface area contributed by atoms with Gasteiger partial charge in [0.15, 0.2) is 6.04 Å². The highest BCUT2D eigenvalue weighted by molar-refractivity contribution is 5.98. The van der Waals surface area contributed by atoms with Crippen molar-refractivity contribution in [3.63, 3.8) is 0 Å². The van der Waals surface area contributed by atoms with Crippen molar-refractivity contribution < 1.29 is 68.1 Å². The Balaban J connectivity index is 6.33. The summed E-state index contributed by atoms with van der Waals surface area (Å²) in [6.07, 6.45) is -1.59. The number of unbranched alkanes of at least 4 members (excludes halogenated alkanes) is 2. The summed E-state index contributed by atoms with van der Waals surface area (Å²) < 4.78 is 0. The van der Waals surface area contributed by atoms with Crippen molar-refractivity contribution in [3.8, 4) is 0 Å². The molecule has 0 fully saturated rings. The summed E-state index contributed by atoms with van der Waals surface area (Å²) in [6, 6.07) is -11.1. The van der Waals surface area contributed by atoms with Gasteiger partial charge in [-0.2, -0.15) is 0 Å². The van der Waals surface area contributed by atoms with Crippen molar-refractivity contribution in [1.29, 1.82) is 0 Å². The van der Waals surface area contributed by atoms with E-state index in [4.69, 9.17) is 22.9 Å². The first-order valence-electron chi connectivity index (χ1n) is 22.8. The predicted octanol–water partition coefficient (Wildman–Crippen LogP) is -4.60. The number of hydrogen-bond donors (Lipinski definition) is 15. The quantitative estimate of drug-likeness (QED) is 0.0266. The number of rotatable bonds is 35. The lowest BCUT2D eigenvalue weighted by Gasteiger charge is -2.29. The highest BCUT2D eigenvalue weighted by Crippen LogP contribution is 2.13. The Bertz CT molecular complexity index is 1720. The Labute approximate surface area is 396 Å². The lowest BCUT2D eigenvalue weighted by atomic mass is 9.96. The van der Waals surface area contributed by atoms with E-state index in [-0.39, 0.29) is 51.1 Å². The molecule has 0 heterocycles. The molecule has 388 valence electrons. The summed E-state index contributed by atoms with van der Waals surface area (Å²) in [5.74, 6) is -11.7. The topological polar surface area (TPSA) is 449 Å². The first kappa shape index (κ1) is 62.0. The number of aliphatic hydroxyl groups is 1. The van der Waals surface area contributed by atoms with Crippen LogP contribution < -0.4 is 65.5 Å². The summed E-state index contributed by atoms with van der Waals surface area (Å²) in [6.45, 7) is 9.21. The van der Waals surface area contributed by atoms with Gasteiger partial charge < -0.3 is 80.8 Å². The van der Waals surface area contributed by atoms with Crippen LogP contribution in [-0.4, -0.2) is 154 Å². The van der Waals surface area contributed by atoms with Crippen LogP contribution in [0.2, 0.25) is 0 Å². The molecule has 26 nitrogen and oxygen atoms in total. The number of carboxylic acid groups (broad SMARTS) is 2. The summed E-state index contributed by atoms with van der Waals surface area (Å²) in [7, 11) is 0. The van der Waals surface area contributed by atoms with Crippen LogP contribution in [0.5, 0.6) is 0 Å². The number of nitrogens with one attached hydrogen (secondary N) is 8. The van der Waals surface area contributed by atoms with Gasteiger partial charge in [-0.05, 0) is 90.1 Å². The van der Waals surface area contributed by atoms with Gasteiger partial charge in [-0.25, -0.2) is 4.79 Å². The molecule has 10 atom stereocenters. The van der Waals surface area contributed by atoms with Gasteiger partial charge in [0.05, 0.1) is 25.1 Å². The van der Waals surface area contributed by atoms with E-state index < -0.39 is 151 Å². The fraction of sp³-hybridized carbons (Fsp3) is 0.738. The average molecular weight is 973 g/mol. The number of aliphatic carboxylic acids is 2. The Morgan fingerprint density at radius 1 is 0.544 bits per heavy atom. The SMILES string of the molecule is CC[C@H](C)[C@H](NC(=O)[C@H](CC(C)C)NC(=O)[C@H](C)N)C(=O)N[C@@H](CCC(=O)O)C(=O)NCC(=O)N[C@@H](CCCCN)C(=O)N[C@@H](CC(N)=O)C(=O)N[C@@H](CCCCN)C(=O)N[C@H](C(=O)O)[C@@H](C)O. The minimum absolute atomic E-state index is 0.0611. The molecule has 26 heteroatoms. The fourth-order valence-electron chi connectivity index (χ4n) is 6.42. The smallest absolute Gasteiger partial charge is 0.328 e. The van der Waals surface area contributed by atoms with E-state index in [1.807, 2.05) is 13.8 Å². The Morgan fingerprint density at radius 2 is 1.00 bits per heavy atom. The lowest BCUT2D eigenvalue weighted by Crippen LogP contribution is -2.60. The van der Waals surface area contributed by atoms with Crippen molar-refractivity contribution in [1.82, 2.24) is 42.5 Å². The molecule has 0 saturated heterocycles. The van der Waals surface area contributed by atoms with Gasteiger partial charge in [-0.3, -0.25) is 47.9 Å². The maximum absolute atomic E-state index is 13.7. The van der Waals surface area contributed by atoms with Crippen LogP contribution in [0, 0.1) is 11.8 Å². The first-order chi connectivity index (χ1) is 31.8. The summed E-state index contributed by atoms with van der Waals surface area (Å²) in [5.41, 5.74) is 22.2. The number of amides is 9. The van der Waals surface area contributed by atoms with E-state index in [0.717, 1.165) is 6.92 Å². The largest absolute Gasteiger partial charge is 0.481 e. The highest BCUT2D eigenvalue weighted by atomic mass is 16.4. The summed E-state index contributed by atoms with van der Waals surface area (Å²) in [4.78, 5) is 142. The third kappa shape index (κ3) is 24.7. The Kier molecular flexibility index (Phi) is 29.8. The molecule has 0 unspecified atom stereocenters. The van der Waals surface area contributed by atoms with E-state index in [1.165, 1.54) is 6.92 Å². The van der Waals surface area contributed by atoms with Crippen LogP contribution in [0.15, 0.2) is 0 Å². The van der Waals surface area contributed by atoms with Gasteiger partial charge >= 0.3 is 11.9 Å². The molecular weight excluding hydrogens is 897 g/mol. The standard InChI is InChI=1S/C42H76N12O14/c1-7-22(4)33(53-40(65)28(18-21(2)3)51-35(60)23(5)45)41(66)50-27(14-15-32(58)59)36(61)47-20-31(57)48-25(12-8-10-16-43)37(62)52-29(19-30(46)56)39(64)49-26(13-9-11-17-44)38(63)54-34(24(6)55)42(67)68/h21-29,33-34,55H,7-20,43-45H2,1-6H3,(H2,46,56)(H,47,61)(H,48,57)(H,49,64)(H,50,66)(H,51,60)(H,52,62)(H,53,65)(H,54,63)(H,58,59)(H,67,68)/t22-,23-,24+,25-,26-,27-,28-,29-,33-,34-/m0/s1. The van der Waals surface area contributed by atoms with Gasteiger partial charge in [-0.15, -0.1) is 0 Å². The second-order valence-electron chi connectivity index (χ2n) is 17.1. The normalized spacial score (nSPS) is 15.5. The molecule has 0 bridgehead atoms. The third-order valence-electron chi connectivity index (χ3n) is 10.5. The monoisotopic (exact) mass is 973 g/mol. The second-order valence-corrected chi connectivity index (χ2v) is 17.1. The zero-order valence-corrected chi connectivity index (χ0v) is 39.9. The van der Waals surface area contributed by atoms with E-state index in [9.17, 15) is 68.1 Å². The second kappa shape index (κ2) is 32.7. The zero-order chi connectivity index (χ0) is 52.3. The van der Waals surface area contributed by atoms with Crippen molar-refractivity contribution in [2.24, 2.45) is 34.8 Å². The third-order valence-corrected chi connectivity index (χ3v) is 10.5. The number of nitrogens with two attached hydrogens (primary N) is 4. The van der Waals surface area contributed by atoms with Crippen molar-refractivity contribution in [3.05, 3.63) is 0 Å². The van der Waals surface area contributed by atoms with Gasteiger partial charge in [0.1, 0.15) is 36.3 Å². The van der Waals surface area contributed by atoms with E-state index in [0.29, 0.717) is 19.3 Å². The van der Waals surface area contributed by atoms with Crippen LogP contribution in [0.3, 0.4) is 0 Å². The number of aliphatic hydroxyl groups excluding tert-OH is 1. The van der Waals surface area contributed by atoms with Gasteiger partial charge in [0.2, 0.25) is 53.2 Å². The minimum atomic E-state index is -1.74. The molecule has 0 aliphatic heterocycles. The van der Waals surface area contributed by atoms with Crippen molar-refractivity contribution in [2.45, 2.75) is 167 Å². The minimum Gasteiger partial charge on any atom is -0.481 e.